The Kier molecular flexibility index (Phi) is 3.30. The number of rotatable bonds is 2. The average molecular weight is 277 g/mol. The van der Waals surface area contributed by atoms with E-state index < -0.39 is 0 Å². The molecule has 1 N–H and O–H groups in total. The van der Waals surface area contributed by atoms with E-state index in [9.17, 15) is 4.39 Å². The summed E-state index contributed by atoms with van der Waals surface area (Å²) in [6.45, 7) is 2.50. The largest absolute Gasteiger partial charge is 0.382 e. The van der Waals surface area contributed by atoms with Gasteiger partial charge in [-0.05, 0) is 29.8 Å². The molecule has 0 radical (unpaired) electrons. The second-order valence-corrected chi connectivity index (χ2v) is 5.01. The van der Waals surface area contributed by atoms with Crippen LogP contribution in [-0.2, 0) is 6.54 Å². The molecule has 1 aliphatic rings. The highest BCUT2D eigenvalue weighted by molar-refractivity contribution is 6.31. The smallest absolute Gasteiger partial charge is 0.124 e. The van der Waals surface area contributed by atoms with Crippen LogP contribution < -0.4 is 10.2 Å². The monoisotopic (exact) mass is 276 g/mol. The van der Waals surface area contributed by atoms with Crippen LogP contribution in [0, 0.1) is 5.82 Å². The molecular formula is C15H14ClFN2. The Morgan fingerprint density at radius 3 is 2.89 bits per heavy atom. The summed E-state index contributed by atoms with van der Waals surface area (Å²) in [7, 11) is 0. The van der Waals surface area contributed by atoms with Crippen LogP contribution >= 0.6 is 11.6 Å². The lowest BCUT2D eigenvalue weighted by Crippen LogP contribution is -2.33. The van der Waals surface area contributed by atoms with E-state index in [-0.39, 0.29) is 5.82 Å². The number of para-hydroxylation sites is 2. The average Bonchev–Trinajstić information content (AvgIpc) is 2.42. The van der Waals surface area contributed by atoms with E-state index in [1.807, 2.05) is 12.1 Å². The van der Waals surface area contributed by atoms with E-state index in [1.165, 1.54) is 12.1 Å². The first kappa shape index (κ1) is 12.3. The van der Waals surface area contributed by atoms with Crippen LogP contribution in [0.2, 0.25) is 5.02 Å². The molecule has 0 bridgehead atoms. The van der Waals surface area contributed by atoms with Crippen molar-refractivity contribution in [3.05, 3.63) is 58.9 Å². The first-order valence-electron chi connectivity index (χ1n) is 6.26. The van der Waals surface area contributed by atoms with Gasteiger partial charge in [0.05, 0.1) is 11.4 Å². The van der Waals surface area contributed by atoms with Gasteiger partial charge in [0, 0.05) is 24.7 Å². The molecule has 3 rings (SSSR count). The van der Waals surface area contributed by atoms with Crippen molar-refractivity contribution in [2.45, 2.75) is 6.54 Å². The van der Waals surface area contributed by atoms with E-state index in [4.69, 9.17) is 11.6 Å². The molecule has 1 heterocycles. The molecular weight excluding hydrogens is 263 g/mol. The second-order valence-electron chi connectivity index (χ2n) is 4.60. The van der Waals surface area contributed by atoms with Crippen LogP contribution in [0.1, 0.15) is 5.56 Å². The third-order valence-corrected chi connectivity index (χ3v) is 3.67. The Morgan fingerprint density at radius 1 is 1.21 bits per heavy atom. The summed E-state index contributed by atoms with van der Waals surface area (Å²) in [4.78, 5) is 2.25. The molecule has 0 aromatic heterocycles. The number of anilines is 2. The number of halogens is 2. The van der Waals surface area contributed by atoms with Gasteiger partial charge < -0.3 is 10.2 Å². The van der Waals surface area contributed by atoms with Crippen LogP contribution in [0.15, 0.2) is 42.5 Å². The van der Waals surface area contributed by atoms with Crippen molar-refractivity contribution in [1.82, 2.24) is 0 Å². The normalized spacial score (nSPS) is 13.9. The van der Waals surface area contributed by atoms with Gasteiger partial charge in [0.15, 0.2) is 0 Å². The fourth-order valence-electron chi connectivity index (χ4n) is 2.36. The van der Waals surface area contributed by atoms with Crippen LogP contribution in [-0.4, -0.2) is 13.1 Å². The van der Waals surface area contributed by atoms with Crippen LogP contribution in [0.5, 0.6) is 0 Å². The molecule has 98 valence electrons. The highest BCUT2D eigenvalue weighted by Crippen LogP contribution is 2.30. The van der Waals surface area contributed by atoms with Gasteiger partial charge in [0.25, 0.3) is 0 Å². The molecule has 4 heteroatoms. The topological polar surface area (TPSA) is 15.3 Å². The molecule has 0 amide bonds. The number of nitrogens with one attached hydrogen (secondary N) is 1. The molecule has 0 atom stereocenters. The SMILES string of the molecule is Fc1ccc(CN2CCNc3ccccc32)c(Cl)c1. The molecule has 2 nitrogen and oxygen atoms in total. The van der Waals surface area contributed by atoms with Crippen molar-refractivity contribution < 1.29 is 4.39 Å². The van der Waals surface area contributed by atoms with Gasteiger partial charge in [-0.3, -0.25) is 0 Å². The predicted molar refractivity (Wildman–Crippen MR) is 77.4 cm³/mol. The second kappa shape index (κ2) is 5.10. The zero-order chi connectivity index (χ0) is 13.2. The minimum atomic E-state index is -0.297. The fourth-order valence-corrected chi connectivity index (χ4v) is 2.59. The predicted octanol–water partition coefficient (Wildman–Crippen LogP) is 3.91. The van der Waals surface area contributed by atoms with Crippen molar-refractivity contribution in [3.63, 3.8) is 0 Å². The summed E-state index contributed by atoms with van der Waals surface area (Å²) in [5.74, 6) is -0.297. The molecule has 2 aromatic rings. The Labute approximate surface area is 116 Å². The minimum Gasteiger partial charge on any atom is -0.382 e. The van der Waals surface area contributed by atoms with Crippen molar-refractivity contribution in [1.29, 1.82) is 0 Å². The van der Waals surface area contributed by atoms with Gasteiger partial charge in [-0.25, -0.2) is 4.39 Å². The molecule has 0 aliphatic carbocycles. The van der Waals surface area contributed by atoms with Gasteiger partial charge >= 0.3 is 0 Å². The molecule has 2 aromatic carbocycles. The summed E-state index contributed by atoms with van der Waals surface area (Å²) < 4.78 is 13.1. The zero-order valence-electron chi connectivity index (χ0n) is 10.4. The maximum absolute atomic E-state index is 13.1. The van der Waals surface area contributed by atoms with E-state index >= 15 is 0 Å². The quantitative estimate of drug-likeness (QED) is 0.895. The summed E-state index contributed by atoms with van der Waals surface area (Å²) in [5.41, 5.74) is 3.24. The number of fused-ring (bicyclic) bond motifs is 1. The number of nitrogens with zero attached hydrogens (tertiary/aromatic N) is 1. The van der Waals surface area contributed by atoms with E-state index in [1.54, 1.807) is 6.07 Å². The molecule has 0 saturated heterocycles. The standard InChI is InChI=1S/C15H14ClFN2/c16-13-9-12(17)6-5-11(13)10-19-8-7-18-14-3-1-2-4-15(14)19/h1-6,9,18H,7-8,10H2. The van der Waals surface area contributed by atoms with Crippen molar-refractivity contribution >= 4 is 23.0 Å². The number of hydrogen-bond donors (Lipinski definition) is 1. The Morgan fingerprint density at radius 2 is 2.05 bits per heavy atom. The summed E-state index contributed by atoms with van der Waals surface area (Å²) in [6, 6.07) is 12.8. The molecule has 19 heavy (non-hydrogen) atoms. The fraction of sp³-hybridized carbons (Fsp3) is 0.200. The minimum absolute atomic E-state index is 0.297. The van der Waals surface area contributed by atoms with Crippen LogP contribution in [0.4, 0.5) is 15.8 Å². The lowest BCUT2D eigenvalue weighted by atomic mass is 10.1. The maximum Gasteiger partial charge on any atom is 0.124 e. The Bertz CT molecular complexity index is 600. The molecule has 1 aliphatic heterocycles. The number of hydrogen-bond acceptors (Lipinski definition) is 2. The van der Waals surface area contributed by atoms with Gasteiger partial charge in [-0.2, -0.15) is 0 Å². The van der Waals surface area contributed by atoms with E-state index in [0.717, 1.165) is 30.0 Å². The Balaban J connectivity index is 1.88. The van der Waals surface area contributed by atoms with Crippen molar-refractivity contribution in [2.75, 3.05) is 23.3 Å². The molecule has 0 saturated carbocycles. The molecule has 0 unspecified atom stereocenters. The van der Waals surface area contributed by atoms with E-state index in [0.29, 0.717) is 11.6 Å². The highest BCUT2D eigenvalue weighted by atomic mass is 35.5. The van der Waals surface area contributed by atoms with Gasteiger partial charge in [-0.15, -0.1) is 0 Å². The first-order valence-corrected chi connectivity index (χ1v) is 6.63. The molecule has 0 fully saturated rings. The zero-order valence-corrected chi connectivity index (χ0v) is 11.1. The summed E-state index contributed by atoms with van der Waals surface area (Å²) in [5, 5.41) is 3.85. The lowest BCUT2D eigenvalue weighted by Gasteiger charge is -2.32. The molecule has 0 spiro atoms. The van der Waals surface area contributed by atoms with Crippen molar-refractivity contribution in [2.24, 2.45) is 0 Å². The van der Waals surface area contributed by atoms with Crippen LogP contribution in [0.3, 0.4) is 0 Å². The van der Waals surface area contributed by atoms with Crippen molar-refractivity contribution in [3.8, 4) is 0 Å². The summed E-state index contributed by atoms with van der Waals surface area (Å²) >= 11 is 6.09. The van der Waals surface area contributed by atoms with Gasteiger partial charge in [0.2, 0.25) is 0 Å². The Hall–Kier alpha value is -1.74. The maximum atomic E-state index is 13.1. The third kappa shape index (κ3) is 2.51. The number of benzene rings is 2. The van der Waals surface area contributed by atoms with Gasteiger partial charge in [-0.1, -0.05) is 29.8 Å². The third-order valence-electron chi connectivity index (χ3n) is 3.32. The lowest BCUT2D eigenvalue weighted by molar-refractivity contribution is 0.626. The first-order chi connectivity index (χ1) is 9.24. The van der Waals surface area contributed by atoms with E-state index in [2.05, 4.69) is 22.3 Å². The summed E-state index contributed by atoms with van der Waals surface area (Å²) in [6.07, 6.45) is 0. The van der Waals surface area contributed by atoms with Gasteiger partial charge in [0.1, 0.15) is 5.82 Å². The van der Waals surface area contributed by atoms with Crippen LogP contribution in [0.25, 0.3) is 0 Å². The highest BCUT2D eigenvalue weighted by Gasteiger charge is 2.16.